The van der Waals surface area contributed by atoms with Gasteiger partial charge in [0.15, 0.2) is 0 Å². The Labute approximate surface area is 134 Å². The van der Waals surface area contributed by atoms with Crippen molar-refractivity contribution in [3.63, 3.8) is 0 Å². The van der Waals surface area contributed by atoms with E-state index < -0.39 is 30.1 Å². The highest BCUT2D eigenvalue weighted by molar-refractivity contribution is 5.69. The van der Waals surface area contributed by atoms with E-state index in [0.29, 0.717) is 0 Å². The first-order chi connectivity index (χ1) is 11.1. The van der Waals surface area contributed by atoms with Gasteiger partial charge in [0.1, 0.15) is 31.5 Å². The summed E-state index contributed by atoms with van der Waals surface area (Å²) < 4.78 is 21.8. The molecule has 23 heavy (non-hydrogen) atoms. The van der Waals surface area contributed by atoms with Gasteiger partial charge in [-0.15, -0.1) is 0 Å². The molecule has 126 valence electrons. The number of hydrogen-bond acceptors (Lipinski definition) is 6. The third-order valence-corrected chi connectivity index (χ3v) is 4.47. The van der Waals surface area contributed by atoms with E-state index in [4.69, 9.17) is 18.9 Å². The van der Waals surface area contributed by atoms with Gasteiger partial charge in [0.05, 0.1) is 6.54 Å². The summed E-state index contributed by atoms with van der Waals surface area (Å²) >= 11 is 0. The van der Waals surface area contributed by atoms with Crippen LogP contribution in [0, 0.1) is 0 Å². The lowest BCUT2D eigenvalue weighted by molar-refractivity contribution is -0.224. The number of nitrogens with zero attached hydrogens (tertiary/aromatic N) is 1. The number of methoxy groups -OCH3 is 2. The van der Waals surface area contributed by atoms with Crippen molar-refractivity contribution in [3.05, 3.63) is 35.9 Å². The first kappa shape index (κ1) is 16.2. The van der Waals surface area contributed by atoms with Gasteiger partial charge >= 0.3 is 6.09 Å². The molecule has 1 aromatic rings. The summed E-state index contributed by atoms with van der Waals surface area (Å²) in [5.41, 5.74) is 0.893. The zero-order valence-corrected chi connectivity index (χ0v) is 13.2. The highest BCUT2D eigenvalue weighted by Crippen LogP contribution is 2.39. The van der Waals surface area contributed by atoms with Crippen LogP contribution in [0.1, 0.15) is 5.56 Å². The number of fused-ring (bicyclic) bond motifs is 1. The van der Waals surface area contributed by atoms with Gasteiger partial charge in [0, 0.05) is 14.2 Å². The van der Waals surface area contributed by atoms with Crippen LogP contribution in [0.15, 0.2) is 30.3 Å². The Hall–Kier alpha value is -1.67. The number of aliphatic hydroxyl groups excluding tert-OH is 1. The summed E-state index contributed by atoms with van der Waals surface area (Å²) in [4.78, 5) is 13.9. The lowest BCUT2D eigenvalue weighted by Crippen LogP contribution is -2.55. The van der Waals surface area contributed by atoms with Crippen LogP contribution >= 0.6 is 0 Å². The minimum Gasteiger partial charge on any atom is -0.445 e. The molecule has 2 heterocycles. The van der Waals surface area contributed by atoms with Gasteiger partial charge in [0.25, 0.3) is 0 Å². The molecule has 2 saturated heterocycles. The Morgan fingerprint density at radius 1 is 1.35 bits per heavy atom. The van der Waals surface area contributed by atoms with Crippen molar-refractivity contribution in [2.75, 3.05) is 27.4 Å². The van der Waals surface area contributed by atoms with Gasteiger partial charge in [-0.05, 0) is 5.56 Å². The van der Waals surface area contributed by atoms with Crippen molar-refractivity contribution in [1.82, 2.24) is 4.90 Å². The molecule has 1 N–H and O–H groups in total. The molecule has 0 aromatic heterocycles. The lowest BCUT2D eigenvalue weighted by Gasteiger charge is -2.35. The second kappa shape index (κ2) is 6.45. The normalized spacial score (nSPS) is 28.7. The highest BCUT2D eigenvalue weighted by atomic mass is 16.7. The molecule has 3 unspecified atom stereocenters. The molecule has 0 bridgehead atoms. The van der Waals surface area contributed by atoms with Crippen molar-refractivity contribution < 1.29 is 28.8 Å². The molecule has 1 aromatic carbocycles. The smallest absolute Gasteiger partial charge is 0.410 e. The maximum Gasteiger partial charge on any atom is 0.410 e. The van der Waals surface area contributed by atoms with E-state index in [9.17, 15) is 9.90 Å². The zero-order chi connectivity index (χ0) is 16.4. The standard InChI is InChI=1S/C16H21NO6/c1-20-16(21-2)10-23-13-12(18)8-17(14(13)16)15(19)22-9-11-6-4-3-5-7-11/h3-7,12-14,18H,8-10H2,1-2H3. The molecular weight excluding hydrogens is 302 g/mol. The predicted molar refractivity (Wildman–Crippen MR) is 79.6 cm³/mol. The molecule has 0 saturated carbocycles. The monoisotopic (exact) mass is 323 g/mol. The van der Waals surface area contributed by atoms with Crippen molar-refractivity contribution in [2.24, 2.45) is 0 Å². The fraction of sp³-hybridized carbons (Fsp3) is 0.562. The number of aliphatic hydroxyl groups is 1. The Morgan fingerprint density at radius 3 is 2.70 bits per heavy atom. The van der Waals surface area contributed by atoms with Crippen LogP contribution in [0.2, 0.25) is 0 Å². The minimum absolute atomic E-state index is 0.122. The molecular formula is C16H21NO6. The molecule has 1 amide bonds. The molecule has 0 radical (unpaired) electrons. The summed E-state index contributed by atoms with van der Waals surface area (Å²) in [5, 5.41) is 10.1. The van der Waals surface area contributed by atoms with Crippen LogP contribution in [0.3, 0.4) is 0 Å². The minimum atomic E-state index is -1.09. The second-order valence-electron chi connectivity index (χ2n) is 5.70. The SMILES string of the molecule is COC1(OC)COC2C(O)CN(C(=O)OCc3ccccc3)C21. The maximum atomic E-state index is 12.5. The number of β-amino-alcohol motifs (C(OH)–C–C–N with tert-alkyl or cyclic N) is 1. The number of likely N-dealkylation sites (tertiary alicyclic amines) is 1. The Balaban J connectivity index is 1.72. The van der Waals surface area contributed by atoms with Crippen LogP contribution < -0.4 is 0 Å². The summed E-state index contributed by atoms with van der Waals surface area (Å²) in [6, 6.07) is 8.86. The van der Waals surface area contributed by atoms with E-state index in [1.807, 2.05) is 30.3 Å². The summed E-state index contributed by atoms with van der Waals surface area (Å²) in [7, 11) is 2.99. The number of ether oxygens (including phenoxy) is 4. The highest BCUT2D eigenvalue weighted by Gasteiger charge is 2.61. The molecule has 7 heteroatoms. The maximum absolute atomic E-state index is 12.5. The quantitative estimate of drug-likeness (QED) is 0.824. The van der Waals surface area contributed by atoms with Crippen LogP contribution in [0.5, 0.6) is 0 Å². The van der Waals surface area contributed by atoms with E-state index in [1.165, 1.54) is 19.1 Å². The van der Waals surface area contributed by atoms with E-state index in [-0.39, 0.29) is 19.8 Å². The molecule has 0 aliphatic carbocycles. The third-order valence-electron chi connectivity index (χ3n) is 4.47. The van der Waals surface area contributed by atoms with E-state index in [2.05, 4.69) is 0 Å². The third kappa shape index (κ3) is 2.81. The summed E-state index contributed by atoms with van der Waals surface area (Å²) in [6.45, 7) is 0.434. The number of benzene rings is 1. The van der Waals surface area contributed by atoms with Crippen molar-refractivity contribution >= 4 is 6.09 Å². The molecule has 2 aliphatic heterocycles. The summed E-state index contributed by atoms with van der Waals surface area (Å²) in [5.74, 6) is -1.09. The van der Waals surface area contributed by atoms with E-state index in [0.717, 1.165) is 5.56 Å². The van der Waals surface area contributed by atoms with E-state index >= 15 is 0 Å². The zero-order valence-electron chi connectivity index (χ0n) is 13.2. The van der Waals surface area contributed by atoms with Crippen LogP contribution in [0.4, 0.5) is 4.79 Å². The predicted octanol–water partition coefficient (Wildman–Crippen LogP) is 0.756. The van der Waals surface area contributed by atoms with Gasteiger partial charge in [-0.3, -0.25) is 4.90 Å². The van der Waals surface area contributed by atoms with Gasteiger partial charge in [-0.25, -0.2) is 4.79 Å². The molecule has 2 fully saturated rings. The van der Waals surface area contributed by atoms with Gasteiger partial charge < -0.3 is 24.1 Å². The molecule has 2 aliphatic rings. The number of carbonyl (C=O) groups excluding carboxylic acids is 1. The number of rotatable bonds is 4. The summed E-state index contributed by atoms with van der Waals surface area (Å²) in [6.07, 6.45) is -1.86. The molecule has 0 spiro atoms. The average Bonchev–Trinajstić information content (AvgIpc) is 3.13. The Kier molecular flexibility index (Phi) is 4.54. The Morgan fingerprint density at radius 2 is 2.04 bits per heavy atom. The van der Waals surface area contributed by atoms with Crippen molar-refractivity contribution in [1.29, 1.82) is 0 Å². The number of hydrogen-bond donors (Lipinski definition) is 1. The van der Waals surface area contributed by atoms with Crippen molar-refractivity contribution in [3.8, 4) is 0 Å². The fourth-order valence-corrected chi connectivity index (χ4v) is 3.23. The number of carbonyl (C=O) groups is 1. The largest absolute Gasteiger partial charge is 0.445 e. The second-order valence-corrected chi connectivity index (χ2v) is 5.70. The van der Waals surface area contributed by atoms with Gasteiger partial charge in [-0.1, -0.05) is 30.3 Å². The van der Waals surface area contributed by atoms with Gasteiger partial charge in [0.2, 0.25) is 5.79 Å². The van der Waals surface area contributed by atoms with Gasteiger partial charge in [-0.2, -0.15) is 0 Å². The van der Waals surface area contributed by atoms with E-state index in [1.54, 1.807) is 0 Å². The molecule has 3 rings (SSSR count). The van der Waals surface area contributed by atoms with Crippen LogP contribution in [-0.2, 0) is 25.6 Å². The number of amides is 1. The first-order valence-corrected chi connectivity index (χ1v) is 7.48. The average molecular weight is 323 g/mol. The Bertz CT molecular complexity index is 547. The lowest BCUT2D eigenvalue weighted by atomic mass is 10.1. The topological polar surface area (TPSA) is 77.5 Å². The van der Waals surface area contributed by atoms with Crippen LogP contribution in [0.25, 0.3) is 0 Å². The first-order valence-electron chi connectivity index (χ1n) is 7.48. The van der Waals surface area contributed by atoms with Crippen LogP contribution in [-0.4, -0.2) is 67.5 Å². The molecule has 7 nitrogen and oxygen atoms in total. The molecule has 3 atom stereocenters. The fourth-order valence-electron chi connectivity index (χ4n) is 3.23. The van der Waals surface area contributed by atoms with Crippen molar-refractivity contribution in [2.45, 2.75) is 30.6 Å².